The van der Waals surface area contributed by atoms with Crippen LogP contribution in [0.3, 0.4) is 0 Å². The van der Waals surface area contributed by atoms with E-state index < -0.39 is 0 Å². The summed E-state index contributed by atoms with van der Waals surface area (Å²) in [4.78, 5) is 14.6. The smallest absolute Gasteiger partial charge is 0.228 e. The van der Waals surface area contributed by atoms with Crippen molar-refractivity contribution >= 4 is 5.91 Å². The Labute approximate surface area is 130 Å². The lowest BCUT2D eigenvalue weighted by atomic mass is 10.0. The Morgan fingerprint density at radius 2 is 2.09 bits per heavy atom. The van der Waals surface area contributed by atoms with Crippen LogP contribution < -0.4 is 4.74 Å². The van der Waals surface area contributed by atoms with E-state index in [0.717, 1.165) is 38.8 Å². The Morgan fingerprint density at radius 3 is 2.82 bits per heavy atom. The number of likely N-dealkylation sites (tertiary alicyclic amines) is 1. The first-order valence-electron chi connectivity index (χ1n) is 8.00. The molecule has 0 bridgehead atoms. The standard InChI is InChI=1S/C17H22FNO3/c18-14-5-7-16(8-6-14)22-12-15-4-1-9-19(15)17(20)13-3-2-10-21-11-13/h5-8,13,15H,1-4,9-12H2/t13-,15-/m0/s1. The number of hydrogen-bond donors (Lipinski definition) is 0. The molecular formula is C17H22FNO3. The van der Waals surface area contributed by atoms with Gasteiger partial charge in [0.2, 0.25) is 5.91 Å². The molecule has 0 saturated carbocycles. The molecule has 0 N–H and O–H groups in total. The normalized spacial score (nSPS) is 25.2. The van der Waals surface area contributed by atoms with Crippen molar-refractivity contribution in [3.05, 3.63) is 30.1 Å². The fourth-order valence-electron chi connectivity index (χ4n) is 3.19. The van der Waals surface area contributed by atoms with Gasteiger partial charge in [0.15, 0.2) is 0 Å². The minimum Gasteiger partial charge on any atom is -0.491 e. The third-order valence-corrected chi connectivity index (χ3v) is 4.43. The van der Waals surface area contributed by atoms with E-state index in [1.807, 2.05) is 4.90 Å². The lowest BCUT2D eigenvalue weighted by Crippen LogP contribution is -2.44. The number of carbonyl (C=O) groups excluding carboxylic acids is 1. The first kappa shape index (κ1) is 15.3. The zero-order valence-corrected chi connectivity index (χ0v) is 12.7. The van der Waals surface area contributed by atoms with Gasteiger partial charge in [0.1, 0.15) is 18.2 Å². The second kappa shape index (κ2) is 7.09. The summed E-state index contributed by atoms with van der Waals surface area (Å²) in [5.41, 5.74) is 0. The molecule has 0 aliphatic carbocycles. The molecule has 0 radical (unpaired) electrons. The van der Waals surface area contributed by atoms with Gasteiger partial charge in [0.25, 0.3) is 0 Å². The van der Waals surface area contributed by atoms with Crippen molar-refractivity contribution in [3.63, 3.8) is 0 Å². The fourth-order valence-corrected chi connectivity index (χ4v) is 3.19. The Hall–Kier alpha value is -1.62. The number of halogens is 1. The Kier molecular flexibility index (Phi) is 4.93. The number of hydrogen-bond acceptors (Lipinski definition) is 3. The first-order chi connectivity index (χ1) is 10.7. The molecule has 0 unspecified atom stereocenters. The molecule has 2 fully saturated rings. The van der Waals surface area contributed by atoms with E-state index in [9.17, 15) is 9.18 Å². The number of benzene rings is 1. The molecule has 4 nitrogen and oxygen atoms in total. The summed E-state index contributed by atoms with van der Waals surface area (Å²) in [6, 6.07) is 6.11. The van der Waals surface area contributed by atoms with Crippen molar-refractivity contribution in [1.82, 2.24) is 4.90 Å². The van der Waals surface area contributed by atoms with Crippen molar-refractivity contribution in [2.45, 2.75) is 31.7 Å². The molecule has 2 aliphatic rings. The van der Waals surface area contributed by atoms with E-state index in [-0.39, 0.29) is 23.7 Å². The van der Waals surface area contributed by atoms with E-state index >= 15 is 0 Å². The molecule has 0 spiro atoms. The molecule has 1 amide bonds. The van der Waals surface area contributed by atoms with E-state index in [1.165, 1.54) is 12.1 Å². The number of nitrogens with zero attached hydrogens (tertiary/aromatic N) is 1. The molecule has 2 aliphatic heterocycles. The minimum absolute atomic E-state index is 0.000158. The van der Waals surface area contributed by atoms with Gasteiger partial charge in [-0.2, -0.15) is 0 Å². The predicted molar refractivity (Wildman–Crippen MR) is 80.2 cm³/mol. The molecule has 3 rings (SSSR count). The van der Waals surface area contributed by atoms with Crippen molar-refractivity contribution in [2.75, 3.05) is 26.4 Å². The second-order valence-corrected chi connectivity index (χ2v) is 6.01. The lowest BCUT2D eigenvalue weighted by Gasteiger charge is -2.30. The maximum atomic E-state index is 12.9. The summed E-state index contributed by atoms with van der Waals surface area (Å²) in [5, 5.41) is 0. The van der Waals surface area contributed by atoms with Crippen molar-refractivity contribution in [2.24, 2.45) is 5.92 Å². The van der Waals surface area contributed by atoms with Crippen molar-refractivity contribution < 1.29 is 18.7 Å². The highest BCUT2D eigenvalue weighted by Gasteiger charge is 2.34. The maximum absolute atomic E-state index is 12.9. The molecule has 1 aromatic carbocycles. The third-order valence-electron chi connectivity index (χ3n) is 4.43. The molecule has 22 heavy (non-hydrogen) atoms. The van der Waals surface area contributed by atoms with Crippen molar-refractivity contribution in [1.29, 1.82) is 0 Å². The van der Waals surface area contributed by atoms with Gasteiger partial charge in [-0.25, -0.2) is 4.39 Å². The third kappa shape index (κ3) is 3.58. The zero-order valence-electron chi connectivity index (χ0n) is 12.7. The summed E-state index contributed by atoms with van der Waals surface area (Å²) in [6.07, 6.45) is 3.85. The maximum Gasteiger partial charge on any atom is 0.228 e. The monoisotopic (exact) mass is 307 g/mol. The molecule has 5 heteroatoms. The van der Waals surface area contributed by atoms with Crippen LogP contribution in [-0.4, -0.2) is 43.2 Å². The van der Waals surface area contributed by atoms with Gasteiger partial charge in [-0.3, -0.25) is 4.79 Å². The number of ether oxygens (including phenoxy) is 2. The van der Waals surface area contributed by atoms with Crippen LogP contribution >= 0.6 is 0 Å². The van der Waals surface area contributed by atoms with Crippen molar-refractivity contribution in [3.8, 4) is 5.75 Å². The van der Waals surface area contributed by atoms with Gasteiger partial charge in [0.05, 0.1) is 18.6 Å². The Morgan fingerprint density at radius 1 is 1.27 bits per heavy atom. The van der Waals surface area contributed by atoms with E-state index in [0.29, 0.717) is 19.0 Å². The SMILES string of the molecule is O=C([C@H]1CCCOC1)N1CCC[C@H]1COc1ccc(F)cc1. The second-order valence-electron chi connectivity index (χ2n) is 6.01. The fraction of sp³-hybridized carbons (Fsp3) is 0.588. The average Bonchev–Trinajstić information content (AvgIpc) is 3.03. The zero-order chi connectivity index (χ0) is 15.4. The van der Waals surface area contributed by atoms with Gasteiger partial charge < -0.3 is 14.4 Å². The lowest BCUT2D eigenvalue weighted by molar-refractivity contribution is -0.141. The van der Waals surface area contributed by atoms with Crippen LogP contribution in [0.25, 0.3) is 0 Å². The largest absolute Gasteiger partial charge is 0.491 e. The van der Waals surface area contributed by atoms with E-state index in [1.54, 1.807) is 12.1 Å². The molecule has 0 aromatic heterocycles. The van der Waals surface area contributed by atoms with E-state index in [2.05, 4.69) is 0 Å². The molecule has 2 saturated heterocycles. The van der Waals surface area contributed by atoms with Gasteiger partial charge in [-0.05, 0) is 49.9 Å². The van der Waals surface area contributed by atoms with Crippen LogP contribution in [0, 0.1) is 11.7 Å². The molecule has 1 aromatic rings. The van der Waals surface area contributed by atoms with Crippen LogP contribution in [0.1, 0.15) is 25.7 Å². The summed E-state index contributed by atoms with van der Waals surface area (Å²) < 4.78 is 24.0. The molecule has 120 valence electrons. The van der Waals surface area contributed by atoms with E-state index in [4.69, 9.17) is 9.47 Å². The number of amides is 1. The first-order valence-corrected chi connectivity index (χ1v) is 8.00. The summed E-state index contributed by atoms with van der Waals surface area (Å²) in [7, 11) is 0. The summed E-state index contributed by atoms with van der Waals surface area (Å²) in [6.45, 7) is 2.57. The van der Waals surface area contributed by atoms with Crippen LogP contribution in [0.15, 0.2) is 24.3 Å². The molecule has 2 heterocycles. The van der Waals surface area contributed by atoms with Crippen LogP contribution in [0.4, 0.5) is 4.39 Å². The highest BCUT2D eigenvalue weighted by Crippen LogP contribution is 2.24. The topological polar surface area (TPSA) is 38.8 Å². The Balaban J connectivity index is 1.55. The number of carbonyl (C=O) groups is 1. The minimum atomic E-state index is -0.276. The number of rotatable bonds is 4. The molecule has 2 atom stereocenters. The highest BCUT2D eigenvalue weighted by atomic mass is 19.1. The van der Waals surface area contributed by atoms with Gasteiger partial charge >= 0.3 is 0 Å². The quantitative estimate of drug-likeness (QED) is 0.858. The molecular weight excluding hydrogens is 285 g/mol. The summed E-state index contributed by atoms with van der Waals surface area (Å²) >= 11 is 0. The Bertz CT molecular complexity index is 499. The highest BCUT2D eigenvalue weighted by molar-refractivity contribution is 5.79. The average molecular weight is 307 g/mol. The van der Waals surface area contributed by atoms with Gasteiger partial charge in [0, 0.05) is 13.2 Å². The van der Waals surface area contributed by atoms with Gasteiger partial charge in [-0.1, -0.05) is 0 Å². The van der Waals surface area contributed by atoms with Crippen LogP contribution in [0.5, 0.6) is 5.75 Å². The summed E-state index contributed by atoms with van der Waals surface area (Å²) in [5.74, 6) is 0.564. The van der Waals surface area contributed by atoms with Crippen LogP contribution in [0.2, 0.25) is 0 Å². The van der Waals surface area contributed by atoms with Gasteiger partial charge in [-0.15, -0.1) is 0 Å². The predicted octanol–water partition coefficient (Wildman–Crippen LogP) is 2.62. The van der Waals surface area contributed by atoms with Crippen LogP contribution in [-0.2, 0) is 9.53 Å².